The third-order valence-electron chi connectivity index (χ3n) is 2.65. The lowest BCUT2D eigenvalue weighted by Crippen LogP contribution is -2.32. The number of nitrogen functional groups attached to an aromatic ring is 1. The van der Waals surface area contributed by atoms with E-state index >= 15 is 0 Å². The molecule has 0 radical (unpaired) electrons. The molecule has 1 aromatic carbocycles. The highest BCUT2D eigenvalue weighted by Crippen LogP contribution is 2.33. The number of hydrogen-bond acceptors (Lipinski definition) is 3. The fourth-order valence-electron chi connectivity index (χ4n) is 1.72. The van der Waals surface area contributed by atoms with Gasteiger partial charge < -0.3 is 21.1 Å². The molecule has 1 aromatic rings. The predicted octanol–water partition coefficient (Wildman–Crippen LogP) is 1.99. The Labute approximate surface area is 114 Å². The molecule has 1 rings (SSSR count). The van der Waals surface area contributed by atoms with Crippen LogP contribution in [0.5, 0.6) is 0 Å². The molecule has 1 amide bonds. The number of anilines is 1. The summed E-state index contributed by atoms with van der Waals surface area (Å²) in [6.45, 7) is 0.493. The number of nitrogens with zero attached hydrogens (tertiary/aromatic N) is 1. The van der Waals surface area contributed by atoms with E-state index in [2.05, 4.69) is 5.32 Å². The van der Waals surface area contributed by atoms with Crippen LogP contribution in [-0.2, 0) is 12.7 Å². The minimum Gasteiger partial charge on any atom is -0.465 e. The number of alkyl halides is 3. The van der Waals surface area contributed by atoms with Gasteiger partial charge in [0.05, 0.1) is 5.56 Å². The Kier molecular flexibility index (Phi) is 5.20. The van der Waals surface area contributed by atoms with Gasteiger partial charge in [0.2, 0.25) is 0 Å². The highest BCUT2D eigenvalue weighted by Gasteiger charge is 2.33. The first-order valence-electron chi connectivity index (χ1n) is 5.81. The first-order chi connectivity index (χ1) is 9.20. The van der Waals surface area contributed by atoms with E-state index in [1.807, 2.05) is 0 Å². The van der Waals surface area contributed by atoms with E-state index in [1.165, 1.54) is 12.1 Å². The average molecular weight is 291 g/mol. The Morgan fingerprint density at radius 2 is 2.10 bits per heavy atom. The van der Waals surface area contributed by atoms with Crippen LogP contribution >= 0.6 is 0 Å². The summed E-state index contributed by atoms with van der Waals surface area (Å²) in [5, 5.41) is 10.6. The van der Waals surface area contributed by atoms with Gasteiger partial charge in [-0.15, -0.1) is 0 Å². The summed E-state index contributed by atoms with van der Waals surface area (Å²) in [7, 11) is 1.61. The summed E-state index contributed by atoms with van der Waals surface area (Å²) < 4.78 is 38.6. The van der Waals surface area contributed by atoms with E-state index in [0.717, 1.165) is 6.07 Å². The van der Waals surface area contributed by atoms with E-state index in [4.69, 9.17) is 10.8 Å². The molecule has 0 heterocycles. The SMILES string of the molecule is CN(CCNC(=O)O)Cc1ccc(N)cc1C(F)(F)F. The number of likely N-dealkylation sites (N-methyl/N-ethyl adjacent to an activating group) is 1. The maximum atomic E-state index is 12.9. The lowest BCUT2D eigenvalue weighted by Gasteiger charge is -2.20. The highest BCUT2D eigenvalue weighted by molar-refractivity contribution is 5.64. The molecule has 0 unspecified atom stereocenters. The second-order valence-electron chi connectivity index (χ2n) is 4.38. The second kappa shape index (κ2) is 6.47. The molecular weight excluding hydrogens is 275 g/mol. The summed E-state index contributed by atoms with van der Waals surface area (Å²) in [5.41, 5.74) is 4.77. The first-order valence-corrected chi connectivity index (χ1v) is 5.81. The molecule has 0 aliphatic heterocycles. The van der Waals surface area contributed by atoms with Crippen LogP contribution in [0, 0.1) is 0 Å². The van der Waals surface area contributed by atoms with Crippen LogP contribution in [0.1, 0.15) is 11.1 Å². The largest absolute Gasteiger partial charge is 0.465 e. The van der Waals surface area contributed by atoms with Gasteiger partial charge in [-0.1, -0.05) is 6.07 Å². The van der Waals surface area contributed by atoms with Gasteiger partial charge in [-0.3, -0.25) is 0 Å². The van der Waals surface area contributed by atoms with E-state index in [0.29, 0.717) is 6.54 Å². The number of rotatable bonds is 5. The Bertz CT molecular complexity index is 478. The van der Waals surface area contributed by atoms with Gasteiger partial charge in [0.25, 0.3) is 0 Å². The van der Waals surface area contributed by atoms with Gasteiger partial charge in [0.15, 0.2) is 0 Å². The topological polar surface area (TPSA) is 78.6 Å². The predicted molar refractivity (Wildman–Crippen MR) is 68.2 cm³/mol. The van der Waals surface area contributed by atoms with Crippen molar-refractivity contribution in [2.75, 3.05) is 25.9 Å². The Morgan fingerprint density at radius 1 is 1.45 bits per heavy atom. The lowest BCUT2D eigenvalue weighted by atomic mass is 10.1. The maximum absolute atomic E-state index is 12.9. The fraction of sp³-hybridized carbons (Fsp3) is 0.417. The Morgan fingerprint density at radius 3 is 2.65 bits per heavy atom. The molecule has 0 saturated carbocycles. The van der Waals surface area contributed by atoms with Crippen molar-refractivity contribution in [2.45, 2.75) is 12.7 Å². The normalized spacial score (nSPS) is 11.7. The van der Waals surface area contributed by atoms with E-state index in [-0.39, 0.29) is 24.3 Å². The maximum Gasteiger partial charge on any atom is 0.416 e. The van der Waals surface area contributed by atoms with Crippen LogP contribution < -0.4 is 11.1 Å². The van der Waals surface area contributed by atoms with E-state index in [1.54, 1.807) is 11.9 Å². The highest BCUT2D eigenvalue weighted by atomic mass is 19.4. The van der Waals surface area contributed by atoms with E-state index in [9.17, 15) is 18.0 Å². The van der Waals surface area contributed by atoms with Gasteiger partial charge >= 0.3 is 12.3 Å². The van der Waals surface area contributed by atoms with Crippen molar-refractivity contribution in [1.82, 2.24) is 10.2 Å². The van der Waals surface area contributed by atoms with Gasteiger partial charge in [-0.05, 0) is 24.7 Å². The number of amides is 1. The lowest BCUT2D eigenvalue weighted by molar-refractivity contribution is -0.138. The molecule has 0 spiro atoms. The van der Waals surface area contributed by atoms with Crippen LogP contribution in [0.4, 0.5) is 23.7 Å². The zero-order valence-corrected chi connectivity index (χ0v) is 10.9. The standard InChI is InChI=1S/C12H16F3N3O2/c1-18(5-4-17-11(19)20)7-8-2-3-9(16)6-10(8)12(13,14)15/h2-3,6,17H,4-5,7,16H2,1H3,(H,19,20). The summed E-state index contributed by atoms with van der Waals surface area (Å²) in [6, 6.07) is 3.64. The summed E-state index contributed by atoms with van der Waals surface area (Å²) in [4.78, 5) is 11.9. The quantitative estimate of drug-likeness (QED) is 0.725. The minimum atomic E-state index is -4.47. The summed E-state index contributed by atoms with van der Waals surface area (Å²) in [6.07, 6.45) is -5.63. The van der Waals surface area contributed by atoms with Crippen molar-refractivity contribution < 1.29 is 23.1 Å². The van der Waals surface area contributed by atoms with Crippen molar-refractivity contribution in [3.63, 3.8) is 0 Å². The van der Waals surface area contributed by atoms with Crippen molar-refractivity contribution in [2.24, 2.45) is 0 Å². The molecule has 0 aromatic heterocycles. The van der Waals surface area contributed by atoms with E-state index < -0.39 is 17.8 Å². The molecule has 0 bridgehead atoms. The molecule has 0 saturated heterocycles. The summed E-state index contributed by atoms with van der Waals surface area (Å²) in [5.74, 6) is 0. The molecule has 20 heavy (non-hydrogen) atoms. The zero-order chi connectivity index (χ0) is 15.3. The number of nitrogens with one attached hydrogen (secondary N) is 1. The third kappa shape index (κ3) is 4.96. The van der Waals surface area contributed by atoms with Crippen molar-refractivity contribution in [3.8, 4) is 0 Å². The first kappa shape index (κ1) is 16.1. The van der Waals surface area contributed by atoms with Gasteiger partial charge in [0.1, 0.15) is 0 Å². The monoisotopic (exact) mass is 291 g/mol. The fourth-order valence-corrected chi connectivity index (χ4v) is 1.72. The number of halogens is 3. The van der Waals surface area contributed by atoms with Crippen molar-refractivity contribution in [3.05, 3.63) is 29.3 Å². The van der Waals surface area contributed by atoms with Crippen molar-refractivity contribution in [1.29, 1.82) is 0 Å². The van der Waals surface area contributed by atoms with Crippen LogP contribution in [-0.4, -0.2) is 36.2 Å². The number of benzene rings is 1. The molecule has 0 fully saturated rings. The zero-order valence-electron chi connectivity index (χ0n) is 10.9. The average Bonchev–Trinajstić information content (AvgIpc) is 2.29. The molecule has 4 N–H and O–H groups in total. The Hall–Kier alpha value is -1.96. The van der Waals surface area contributed by atoms with Crippen LogP contribution in [0.15, 0.2) is 18.2 Å². The number of nitrogens with two attached hydrogens (primary N) is 1. The molecule has 0 aliphatic carbocycles. The van der Waals surface area contributed by atoms with Crippen LogP contribution in [0.3, 0.4) is 0 Å². The molecule has 112 valence electrons. The molecule has 8 heteroatoms. The second-order valence-corrected chi connectivity index (χ2v) is 4.38. The summed E-state index contributed by atoms with van der Waals surface area (Å²) >= 11 is 0. The minimum absolute atomic E-state index is 0.0520. The van der Waals surface area contributed by atoms with Gasteiger partial charge in [-0.2, -0.15) is 13.2 Å². The number of hydrogen-bond donors (Lipinski definition) is 3. The molecular formula is C12H16F3N3O2. The van der Waals surface area contributed by atoms with Crippen LogP contribution in [0.25, 0.3) is 0 Å². The molecule has 0 aliphatic rings. The number of carboxylic acid groups (broad SMARTS) is 1. The number of carbonyl (C=O) groups is 1. The van der Waals surface area contributed by atoms with Crippen molar-refractivity contribution >= 4 is 11.8 Å². The smallest absolute Gasteiger partial charge is 0.416 e. The van der Waals surface area contributed by atoms with Crippen LogP contribution in [0.2, 0.25) is 0 Å². The molecule has 0 atom stereocenters. The van der Waals surface area contributed by atoms with Gasteiger partial charge in [0, 0.05) is 25.3 Å². The third-order valence-corrected chi connectivity index (χ3v) is 2.65. The Balaban J connectivity index is 2.74. The molecule has 5 nitrogen and oxygen atoms in total. The van der Waals surface area contributed by atoms with Gasteiger partial charge in [-0.25, -0.2) is 4.79 Å².